The number of rotatable bonds is 3. The molecule has 1 aromatic rings. The molecule has 4 heteroatoms. The van der Waals surface area contributed by atoms with Crippen molar-refractivity contribution in [2.45, 2.75) is 25.4 Å². The van der Waals surface area contributed by atoms with Crippen molar-refractivity contribution in [3.63, 3.8) is 0 Å². The average Bonchev–Trinajstić information content (AvgIpc) is 2.41. The van der Waals surface area contributed by atoms with E-state index in [4.69, 9.17) is 10.4 Å². The number of hydrogen-bond donors (Lipinski definition) is 2. The zero-order valence-electron chi connectivity index (χ0n) is 10.6. The summed E-state index contributed by atoms with van der Waals surface area (Å²) in [7, 11) is 0. The van der Waals surface area contributed by atoms with E-state index in [1.165, 1.54) is 0 Å². The number of nitriles is 1. The standard InChI is InChI=1S/C14H19N3O/c1-11-10-17(14(5-6-18)9-16-11)13-4-2-3-12(7-13)8-15/h2-4,7,11,14,16,18H,5-6,9-10H2,1H3. The Morgan fingerprint density at radius 1 is 1.56 bits per heavy atom. The molecule has 0 amide bonds. The van der Waals surface area contributed by atoms with Crippen LogP contribution in [0.3, 0.4) is 0 Å². The van der Waals surface area contributed by atoms with Gasteiger partial charge in [0.1, 0.15) is 0 Å². The molecule has 1 aliphatic heterocycles. The summed E-state index contributed by atoms with van der Waals surface area (Å²) in [5, 5.41) is 21.5. The molecule has 1 fully saturated rings. The maximum Gasteiger partial charge on any atom is 0.0992 e. The summed E-state index contributed by atoms with van der Waals surface area (Å²) in [4.78, 5) is 2.29. The van der Waals surface area contributed by atoms with Gasteiger partial charge in [0.25, 0.3) is 0 Å². The van der Waals surface area contributed by atoms with Crippen LogP contribution in [-0.2, 0) is 0 Å². The third-order valence-corrected chi connectivity index (χ3v) is 3.38. The number of aliphatic hydroxyl groups excluding tert-OH is 1. The van der Waals surface area contributed by atoms with E-state index >= 15 is 0 Å². The van der Waals surface area contributed by atoms with E-state index in [0.29, 0.717) is 17.6 Å². The largest absolute Gasteiger partial charge is 0.396 e. The summed E-state index contributed by atoms with van der Waals surface area (Å²) < 4.78 is 0. The molecule has 1 heterocycles. The maximum atomic E-state index is 9.14. The Balaban J connectivity index is 2.23. The van der Waals surface area contributed by atoms with E-state index in [-0.39, 0.29) is 6.61 Å². The lowest BCUT2D eigenvalue weighted by Gasteiger charge is -2.41. The van der Waals surface area contributed by atoms with Gasteiger partial charge in [0.05, 0.1) is 11.6 Å². The number of hydrogen-bond acceptors (Lipinski definition) is 4. The van der Waals surface area contributed by atoms with Crippen molar-refractivity contribution in [2.75, 3.05) is 24.6 Å². The number of piperazine rings is 1. The molecule has 0 radical (unpaired) electrons. The molecule has 0 aliphatic carbocycles. The Bertz CT molecular complexity index is 441. The van der Waals surface area contributed by atoms with Crippen molar-refractivity contribution < 1.29 is 5.11 Å². The fourth-order valence-corrected chi connectivity index (χ4v) is 2.43. The van der Waals surface area contributed by atoms with Crippen molar-refractivity contribution in [1.82, 2.24) is 5.32 Å². The predicted octanol–water partition coefficient (Wildman–Crippen LogP) is 1.11. The zero-order valence-corrected chi connectivity index (χ0v) is 10.6. The van der Waals surface area contributed by atoms with Gasteiger partial charge in [-0.15, -0.1) is 0 Å². The van der Waals surface area contributed by atoms with Crippen LogP contribution < -0.4 is 10.2 Å². The number of nitrogens with one attached hydrogen (secondary N) is 1. The SMILES string of the molecule is CC1CN(c2cccc(C#N)c2)C(CCO)CN1. The molecule has 2 atom stereocenters. The van der Waals surface area contributed by atoms with Crippen LogP contribution in [0, 0.1) is 11.3 Å². The van der Waals surface area contributed by atoms with Crippen molar-refractivity contribution in [2.24, 2.45) is 0 Å². The van der Waals surface area contributed by atoms with Crippen LogP contribution >= 0.6 is 0 Å². The van der Waals surface area contributed by atoms with Crippen LogP contribution in [0.5, 0.6) is 0 Å². The first-order valence-corrected chi connectivity index (χ1v) is 6.35. The highest BCUT2D eigenvalue weighted by Gasteiger charge is 2.25. The van der Waals surface area contributed by atoms with Crippen LogP contribution in [-0.4, -0.2) is 36.9 Å². The second kappa shape index (κ2) is 5.85. The summed E-state index contributed by atoms with van der Waals surface area (Å²) in [6, 6.07) is 10.6. The van der Waals surface area contributed by atoms with E-state index in [9.17, 15) is 0 Å². The normalized spacial score (nSPS) is 23.7. The summed E-state index contributed by atoms with van der Waals surface area (Å²) >= 11 is 0. The van der Waals surface area contributed by atoms with Gasteiger partial charge in [-0.1, -0.05) is 6.07 Å². The molecule has 2 N–H and O–H groups in total. The third-order valence-electron chi connectivity index (χ3n) is 3.38. The molecule has 1 aliphatic rings. The van der Waals surface area contributed by atoms with Gasteiger partial charge < -0.3 is 15.3 Å². The van der Waals surface area contributed by atoms with Crippen molar-refractivity contribution in [1.29, 1.82) is 5.26 Å². The lowest BCUT2D eigenvalue weighted by atomic mass is 10.0. The molecule has 2 unspecified atom stereocenters. The van der Waals surface area contributed by atoms with Crippen LogP contribution in [0.25, 0.3) is 0 Å². The molecule has 18 heavy (non-hydrogen) atoms. The Labute approximate surface area is 108 Å². The number of aliphatic hydroxyl groups is 1. The molecule has 4 nitrogen and oxygen atoms in total. The number of nitrogens with zero attached hydrogens (tertiary/aromatic N) is 2. The summed E-state index contributed by atoms with van der Waals surface area (Å²) in [5.41, 5.74) is 1.75. The highest BCUT2D eigenvalue weighted by Crippen LogP contribution is 2.22. The Morgan fingerprint density at radius 2 is 2.39 bits per heavy atom. The smallest absolute Gasteiger partial charge is 0.0992 e. The van der Waals surface area contributed by atoms with E-state index in [2.05, 4.69) is 23.2 Å². The summed E-state index contributed by atoms with van der Waals surface area (Å²) in [6.45, 7) is 4.11. The molecular weight excluding hydrogens is 226 g/mol. The fourth-order valence-electron chi connectivity index (χ4n) is 2.43. The Morgan fingerprint density at radius 3 is 3.11 bits per heavy atom. The number of anilines is 1. The lowest BCUT2D eigenvalue weighted by Crippen LogP contribution is -2.56. The van der Waals surface area contributed by atoms with Gasteiger partial charge in [-0.3, -0.25) is 0 Å². The Hall–Kier alpha value is -1.57. The van der Waals surface area contributed by atoms with E-state index in [1.807, 2.05) is 24.3 Å². The molecule has 0 aromatic heterocycles. The highest BCUT2D eigenvalue weighted by atomic mass is 16.3. The number of benzene rings is 1. The molecule has 0 spiro atoms. The van der Waals surface area contributed by atoms with Crippen molar-refractivity contribution in [3.8, 4) is 6.07 Å². The van der Waals surface area contributed by atoms with Gasteiger partial charge in [0.15, 0.2) is 0 Å². The molecule has 0 saturated carbocycles. The fraction of sp³-hybridized carbons (Fsp3) is 0.500. The molecular formula is C14H19N3O. The molecule has 2 rings (SSSR count). The topological polar surface area (TPSA) is 59.3 Å². The van der Waals surface area contributed by atoms with Gasteiger partial charge in [-0.05, 0) is 31.5 Å². The van der Waals surface area contributed by atoms with Gasteiger partial charge in [0, 0.05) is 37.5 Å². The highest BCUT2D eigenvalue weighted by molar-refractivity contribution is 5.52. The third kappa shape index (κ3) is 2.81. The molecule has 1 saturated heterocycles. The lowest BCUT2D eigenvalue weighted by molar-refractivity contribution is 0.260. The average molecular weight is 245 g/mol. The second-order valence-electron chi connectivity index (χ2n) is 4.79. The minimum atomic E-state index is 0.190. The second-order valence-corrected chi connectivity index (χ2v) is 4.79. The van der Waals surface area contributed by atoms with E-state index < -0.39 is 0 Å². The van der Waals surface area contributed by atoms with Gasteiger partial charge in [-0.2, -0.15) is 5.26 Å². The quantitative estimate of drug-likeness (QED) is 0.837. The van der Waals surface area contributed by atoms with Crippen molar-refractivity contribution in [3.05, 3.63) is 29.8 Å². The van der Waals surface area contributed by atoms with Gasteiger partial charge in [0.2, 0.25) is 0 Å². The van der Waals surface area contributed by atoms with Crippen LogP contribution in [0.2, 0.25) is 0 Å². The summed E-state index contributed by atoms with van der Waals surface area (Å²) in [5.74, 6) is 0. The molecule has 0 bridgehead atoms. The summed E-state index contributed by atoms with van der Waals surface area (Å²) in [6.07, 6.45) is 0.747. The monoisotopic (exact) mass is 245 g/mol. The molecule has 1 aromatic carbocycles. The van der Waals surface area contributed by atoms with Gasteiger partial charge in [-0.25, -0.2) is 0 Å². The molecule has 96 valence electrons. The first-order valence-electron chi connectivity index (χ1n) is 6.35. The van der Waals surface area contributed by atoms with Crippen LogP contribution in [0.15, 0.2) is 24.3 Å². The Kier molecular flexibility index (Phi) is 4.19. The zero-order chi connectivity index (χ0) is 13.0. The maximum absolute atomic E-state index is 9.14. The minimum absolute atomic E-state index is 0.190. The van der Waals surface area contributed by atoms with Crippen LogP contribution in [0.4, 0.5) is 5.69 Å². The van der Waals surface area contributed by atoms with Crippen LogP contribution in [0.1, 0.15) is 18.9 Å². The predicted molar refractivity (Wildman–Crippen MR) is 71.5 cm³/mol. The van der Waals surface area contributed by atoms with E-state index in [1.54, 1.807) is 0 Å². The first kappa shape index (κ1) is 12.9. The van der Waals surface area contributed by atoms with E-state index in [0.717, 1.165) is 25.2 Å². The van der Waals surface area contributed by atoms with Crippen molar-refractivity contribution >= 4 is 5.69 Å². The van der Waals surface area contributed by atoms with Gasteiger partial charge >= 0.3 is 0 Å². The minimum Gasteiger partial charge on any atom is -0.396 e. The first-order chi connectivity index (χ1) is 8.74.